The molecule has 0 radical (unpaired) electrons. The van der Waals surface area contributed by atoms with Crippen LogP contribution < -0.4 is 0 Å². The number of hydrogen-bond donors (Lipinski definition) is 0. The second kappa shape index (κ2) is 9.12. The molecule has 0 N–H and O–H groups in total. The van der Waals surface area contributed by atoms with Crippen LogP contribution in [0.1, 0.15) is 47.0 Å². The van der Waals surface area contributed by atoms with Gasteiger partial charge in [-0.3, -0.25) is 0 Å². The van der Waals surface area contributed by atoms with Gasteiger partial charge in [-0.2, -0.15) is 0 Å². The van der Waals surface area contributed by atoms with Crippen LogP contribution in [0, 0.1) is 0 Å². The van der Waals surface area contributed by atoms with Crippen molar-refractivity contribution in [3.8, 4) is 11.1 Å². The summed E-state index contributed by atoms with van der Waals surface area (Å²) in [6, 6.07) is 23.8. The predicted octanol–water partition coefficient (Wildman–Crippen LogP) is 5.24. The molecular weight excluding hydrogens is 456 g/mol. The molecule has 5 atom stereocenters. The number of ether oxygens (including phenoxy) is 5. The van der Waals surface area contributed by atoms with Crippen LogP contribution in [0.5, 0.6) is 0 Å². The molecular formula is C30H30O6. The number of methoxy groups -OCH3 is 1. The summed E-state index contributed by atoms with van der Waals surface area (Å²) in [5, 5.41) is 0. The number of fused-ring (bicyclic) bond motifs is 2. The maximum Gasteiger partial charge on any atom is 0.338 e. The highest BCUT2D eigenvalue weighted by Crippen LogP contribution is 2.44. The van der Waals surface area contributed by atoms with Crippen molar-refractivity contribution < 1.29 is 28.5 Å². The Labute approximate surface area is 211 Å². The van der Waals surface area contributed by atoms with Crippen molar-refractivity contribution >= 4 is 5.97 Å². The first-order valence-corrected chi connectivity index (χ1v) is 12.4. The lowest BCUT2D eigenvalue weighted by Crippen LogP contribution is -2.36. The normalized spacial score (nSPS) is 26.5. The van der Waals surface area contributed by atoms with Gasteiger partial charge in [-0.05, 0) is 66.6 Å². The molecule has 6 nitrogen and oxygen atoms in total. The van der Waals surface area contributed by atoms with E-state index >= 15 is 0 Å². The highest BCUT2D eigenvalue weighted by atomic mass is 16.8. The van der Waals surface area contributed by atoms with Crippen LogP contribution in [-0.4, -0.2) is 43.5 Å². The molecule has 0 bridgehead atoms. The van der Waals surface area contributed by atoms with Gasteiger partial charge in [0.15, 0.2) is 18.2 Å². The van der Waals surface area contributed by atoms with Gasteiger partial charge in [0.05, 0.1) is 5.56 Å². The first-order valence-electron chi connectivity index (χ1n) is 12.4. The Hall–Kier alpha value is -3.03. The molecule has 2 aliphatic heterocycles. The molecule has 0 saturated carbocycles. The highest BCUT2D eigenvalue weighted by molar-refractivity contribution is 5.90. The first-order chi connectivity index (χ1) is 17.4. The Morgan fingerprint density at radius 1 is 0.889 bits per heavy atom. The SMILES string of the molecule is CO[C@@H]1O[C@H]([C@H](OC(=O)c2ccc(-c3ccccc3)cc2)c2ccc3c(c2)CC3)[C@H]2OC(C)(C)O[C@@H]12. The Morgan fingerprint density at radius 2 is 1.58 bits per heavy atom. The molecule has 6 rings (SSSR count). The molecule has 2 heterocycles. The zero-order valence-corrected chi connectivity index (χ0v) is 20.7. The monoisotopic (exact) mass is 486 g/mol. The fraction of sp³-hybridized carbons (Fsp3) is 0.367. The molecule has 6 heteroatoms. The van der Waals surface area contributed by atoms with Gasteiger partial charge in [-0.1, -0.05) is 60.7 Å². The van der Waals surface area contributed by atoms with Crippen molar-refractivity contribution in [2.45, 2.75) is 63.2 Å². The van der Waals surface area contributed by atoms with Crippen LogP contribution in [0.15, 0.2) is 72.8 Å². The van der Waals surface area contributed by atoms with Crippen molar-refractivity contribution in [3.05, 3.63) is 95.1 Å². The van der Waals surface area contributed by atoms with E-state index in [0.717, 1.165) is 29.5 Å². The second-order valence-electron chi connectivity index (χ2n) is 10.1. The summed E-state index contributed by atoms with van der Waals surface area (Å²) in [5.74, 6) is -1.20. The van der Waals surface area contributed by atoms with Crippen LogP contribution in [0.25, 0.3) is 11.1 Å². The van der Waals surface area contributed by atoms with Gasteiger partial charge in [0.2, 0.25) is 0 Å². The van der Waals surface area contributed by atoms with E-state index in [9.17, 15) is 4.79 Å². The van der Waals surface area contributed by atoms with E-state index in [-0.39, 0.29) is 0 Å². The number of esters is 1. The predicted molar refractivity (Wildman–Crippen MR) is 133 cm³/mol. The van der Waals surface area contributed by atoms with Crippen molar-refractivity contribution in [1.82, 2.24) is 0 Å². The fourth-order valence-corrected chi connectivity index (χ4v) is 5.35. The fourth-order valence-electron chi connectivity index (χ4n) is 5.35. The minimum Gasteiger partial charge on any atom is -0.451 e. The first kappa shape index (κ1) is 23.4. The number of carbonyl (C=O) groups is 1. The molecule has 2 saturated heterocycles. The topological polar surface area (TPSA) is 63.2 Å². The summed E-state index contributed by atoms with van der Waals surface area (Å²) in [6.45, 7) is 3.74. The quantitative estimate of drug-likeness (QED) is 0.444. The van der Waals surface area contributed by atoms with Crippen LogP contribution in [0.3, 0.4) is 0 Å². The van der Waals surface area contributed by atoms with Gasteiger partial charge < -0.3 is 23.7 Å². The van der Waals surface area contributed by atoms with E-state index in [1.807, 2.05) is 62.4 Å². The van der Waals surface area contributed by atoms with E-state index in [4.69, 9.17) is 23.7 Å². The average Bonchev–Trinajstić information content (AvgIpc) is 3.36. The lowest BCUT2D eigenvalue weighted by Gasteiger charge is -2.30. The Balaban J connectivity index is 1.29. The summed E-state index contributed by atoms with van der Waals surface area (Å²) in [7, 11) is 1.58. The molecule has 186 valence electrons. The summed E-state index contributed by atoms with van der Waals surface area (Å²) in [4.78, 5) is 13.4. The number of benzene rings is 3. The summed E-state index contributed by atoms with van der Waals surface area (Å²) in [5.41, 5.74) is 6.11. The van der Waals surface area contributed by atoms with E-state index in [1.165, 1.54) is 11.1 Å². The summed E-state index contributed by atoms with van der Waals surface area (Å²) < 4.78 is 30.3. The lowest BCUT2D eigenvalue weighted by molar-refractivity contribution is -0.237. The zero-order valence-electron chi connectivity index (χ0n) is 20.7. The smallest absolute Gasteiger partial charge is 0.338 e. The Morgan fingerprint density at radius 3 is 2.25 bits per heavy atom. The minimum absolute atomic E-state index is 0.409. The maximum absolute atomic E-state index is 13.4. The standard InChI is InChI=1S/C30H30O6/c1-30(2)35-26-25(34-29(32-3)27(26)36-30)24(23-16-12-20-11-15-22(20)17-23)33-28(31)21-13-9-19(10-14-21)18-7-5-4-6-8-18/h4-10,12-14,16-17,24-27,29H,11,15H2,1-3H3/t24-,25-,26-,27-,29-/m1/s1. The molecule has 1 aliphatic carbocycles. The van der Waals surface area contributed by atoms with Crippen molar-refractivity contribution in [2.75, 3.05) is 7.11 Å². The number of hydrogen-bond acceptors (Lipinski definition) is 6. The maximum atomic E-state index is 13.4. The van der Waals surface area contributed by atoms with E-state index in [1.54, 1.807) is 19.2 Å². The van der Waals surface area contributed by atoms with Gasteiger partial charge in [-0.15, -0.1) is 0 Å². The van der Waals surface area contributed by atoms with E-state index in [0.29, 0.717) is 5.56 Å². The van der Waals surface area contributed by atoms with Crippen molar-refractivity contribution in [2.24, 2.45) is 0 Å². The molecule has 0 aromatic heterocycles. The van der Waals surface area contributed by atoms with Crippen LogP contribution in [0.4, 0.5) is 0 Å². The average molecular weight is 487 g/mol. The van der Waals surface area contributed by atoms with Crippen LogP contribution >= 0.6 is 0 Å². The van der Waals surface area contributed by atoms with Crippen molar-refractivity contribution in [1.29, 1.82) is 0 Å². The van der Waals surface area contributed by atoms with E-state index < -0.39 is 42.5 Å². The lowest BCUT2D eigenvalue weighted by atomic mass is 9.85. The molecule has 0 amide bonds. The van der Waals surface area contributed by atoms with E-state index in [2.05, 4.69) is 12.1 Å². The number of carbonyl (C=O) groups excluding carboxylic acids is 1. The van der Waals surface area contributed by atoms with Gasteiger partial charge >= 0.3 is 5.97 Å². The molecule has 3 aromatic rings. The second-order valence-corrected chi connectivity index (χ2v) is 10.1. The Bertz CT molecular complexity index is 1250. The zero-order chi connectivity index (χ0) is 24.9. The van der Waals surface area contributed by atoms with Crippen molar-refractivity contribution in [3.63, 3.8) is 0 Å². The third-order valence-corrected chi connectivity index (χ3v) is 7.26. The summed E-state index contributed by atoms with van der Waals surface area (Å²) in [6.07, 6.45) is -0.609. The summed E-state index contributed by atoms with van der Waals surface area (Å²) >= 11 is 0. The molecule has 0 unspecified atom stereocenters. The molecule has 36 heavy (non-hydrogen) atoms. The molecule has 3 aromatic carbocycles. The van der Waals surface area contributed by atoms with Crippen LogP contribution in [0.2, 0.25) is 0 Å². The molecule has 3 aliphatic rings. The molecule has 0 spiro atoms. The van der Waals surface area contributed by atoms with Gasteiger partial charge in [0, 0.05) is 7.11 Å². The third kappa shape index (κ3) is 4.24. The number of rotatable bonds is 6. The van der Waals surface area contributed by atoms with Gasteiger partial charge in [-0.25, -0.2) is 4.79 Å². The minimum atomic E-state index is -0.781. The Kier molecular flexibility index (Phi) is 5.92. The third-order valence-electron chi connectivity index (χ3n) is 7.26. The highest BCUT2D eigenvalue weighted by Gasteiger charge is 2.58. The van der Waals surface area contributed by atoms with Crippen LogP contribution in [-0.2, 0) is 36.5 Å². The van der Waals surface area contributed by atoms with Gasteiger partial charge in [0.1, 0.15) is 18.3 Å². The van der Waals surface area contributed by atoms with Gasteiger partial charge in [0.25, 0.3) is 0 Å². The number of aryl methyl sites for hydroxylation is 2. The molecule has 2 fully saturated rings. The largest absolute Gasteiger partial charge is 0.451 e.